The van der Waals surface area contributed by atoms with E-state index in [9.17, 15) is 13.7 Å². The molecule has 0 aromatic carbocycles. The molecule has 0 bridgehead atoms. The van der Waals surface area contributed by atoms with E-state index in [1.165, 1.54) is 0 Å². The van der Waals surface area contributed by atoms with Crippen LogP contribution in [0.15, 0.2) is 0 Å². The zero-order chi connectivity index (χ0) is 11.2. The maximum Gasteiger partial charge on any atom is 0.708 e. The molecule has 11 heteroatoms. The van der Waals surface area contributed by atoms with Gasteiger partial charge in [0.05, 0.1) is 14.2 Å². The lowest BCUT2D eigenvalue weighted by atomic mass is 11.8. The molecule has 0 heterocycles. The summed E-state index contributed by atoms with van der Waals surface area (Å²) in [6.07, 6.45) is 0. The summed E-state index contributed by atoms with van der Waals surface area (Å²) in [5.41, 5.74) is 0. The molecule has 14 heavy (non-hydrogen) atoms. The molecular weight excluding hydrogens is 257 g/mol. The molecule has 0 rings (SSSR count). The fourth-order valence-corrected chi connectivity index (χ4v) is 3.07. The van der Waals surface area contributed by atoms with Crippen LogP contribution in [-0.4, -0.2) is 21.3 Å². The number of rotatable bonds is 7. The predicted octanol–water partition coefficient (Wildman–Crippen LogP) is 2.38. The van der Waals surface area contributed by atoms with Crippen LogP contribution in [0.4, 0.5) is 0 Å². The lowest BCUT2D eigenvalue weighted by Gasteiger charge is -1.98. The van der Waals surface area contributed by atoms with Gasteiger partial charge >= 0.3 is 24.3 Å². The zero-order valence-electron chi connectivity index (χ0n) is 7.61. The summed E-state index contributed by atoms with van der Waals surface area (Å²) >= 11 is 0. The molecule has 0 aliphatic rings. The van der Waals surface area contributed by atoms with Gasteiger partial charge in [-0.2, -0.15) is 0 Å². The second-order valence-corrected chi connectivity index (χ2v) is 5.80. The molecule has 0 spiro atoms. The highest BCUT2D eigenvalue weighted by atomic mass is 31.3. The Bertz CT molecular complexity index is 241. The van der Waals surface area contributed by atoms with E-state index in [1.54, 1.807) is 0 Å². The van der Waals surface area contributed by atoms with Crippen LogP contribution in [0.2, 0.25) is 0 Å². The van der Waals surface area contributed by atoms with E-state index in [1.807, 2.05) is 0 Å². The van der Waals surface area contributed by atoms with E-state index < -0.39 is 24.3 Å². The van der Waals surface area contributed by atoms with Crippen LogP contribution < -0.4 is 0 Å². The van der Waals surface area contributed by atoms with Gasteiger partial charge in [0.2, 0.25) is 0 Å². The maximum atomic E-state index is 11.3. The molecule has 82 valence electrons. The van der Waals surface area contributed by atoms with Gasteiger partial charge in [0, 0.05) is 24.9 Å². The van der Waals surface area contributed by atoms with Gasteiger partial charge in [-0.25, -0.2) is 4.57 Å². The van der Waals surface area contributed by atoms with Crippen molar-refractivity contribution in [1.82, 2.24) is 0 Å². The Morgan fingerprint density at radius 2 is 1.29 bits per heavy atom. The summed E-state index contributed by atoms with van der Waals surface area (Å²) in [5.74, 6) is 0. The topological polar surface area (TPSA) is 97.4 Å². The Labute approximate surface area is 82.3 Å². The van der Waals surface area contributed by atoms with Gasteiger partial charge in [0.1, 0.15) is 0 Å². The van der Waals surface area contributed by atoms with Gasteiger partial charge in [-0.05, 0) is 0 Å². The van der Waals surface area contributed by atoms with Crippen molar-refractivity contribution < 1.29 is 35.9 Å². The Morgan fingerprint density at radius 1 is 0.929 bits per heavy atom. The molecule has 0 amide bonds. The second-order valence-electron chi connectivity index (χ2n) is 1.61. The van der Waals surface area contributed by atoms with Crippen molar-refractivity contribution in [3.63, 3.8) is 0 Å². The summed E-state index contributed by atoms with van der Waals surface area (Å²) in [7, 11) is -6.37. The minimum absolute atomic E-state index is 0.971. The first-order chi connectivity index (χ1) is 6.47. The molecule has 0 radical (unpaired) electrons. The summed E-state index contributed by atoms with van der Waals surface area (Å²) in [5, 5.41) is 0. The fourth-order valence-electron chi connectivity index (χ4n) is 0.312. The van der Waals surface area contributed by atoms with E-state index in [0.29, 0.717) is 0 Å². The van der Waals surface area contributed by atoms with E-state index >= 15 is 0 Å². The summed E-state index contributed by atoms with van der Waals surface area (Å²) < 4.78 is 53.8. The number of hydrogen-bond donors (Lipinski definition) is 0. The quantitative estimate of drug-likeness (QED) is 0.647. The van der Waals surface area contributed by atoms with Gasteiger partial charge in [0.15, 0.2) is 0 Å². The molecule has 0 saturated heterocycles. The van der Waals surface area contributed by atoms with Crippen molar-refractivity contribution in [1.29, 1.82) is 0 Å². The Kier molecular flexibility index (Phi) is 6.78. The summed E-state index contributed by atoms with van der Waals surface area (Å²) in [4.78, 5) is 0. The molecular formula is C3H9O8P3+2. The summed E-state index contributed by atoms with van der Waals surface area (Å²) in [6.45, 7) is 0. The van der Waals surface area contributed by atoms with Crippen molar-refractivity contribution in [2.24, 2.45) is 0 Å². The molecule has 0 N–H and O–H groups in total. The number of phosphoric acid groups is 1. The average Bonchev–Trinajstić information content (AvgIpc) is 2.17. The molecule has 2 unspecified atom stereocenters. The highest BCUT2D eigenvalue weighted by Gasteiger charge is 2.47. The van der Waals surface area contributed by atoms with E-state index in [2.05, 4.69) is 22.2 Å². The standard InChI is InChI=1S/C3H9O8P3/c1-7-12(4)10-14(6,9-3)11-13(5)8-2/h1-3H3/q+2. The molecule has 0 aromatic heterocycles. The predicted molar refractivity (Wildman–Crippen MR) is 46.0 cm³/mol. The molecule has 0 aliphatic carbocycles. The normalized spacial score (nSPS) is 17.4. The van der Waals surface area contributed by atoms with Crippen LogP contribution in [0.3, 0.4) is 0 Å². The molecule has 0 fully saturated rings. The third-order valence-electron chi connectivity index (χ3n) is 0.855. The maximum absolute atomic E-state index is 11.3. The first kappa shape index (κ1) is 14.2. The van der Waals surface area contributed by atoms with Crippen molar-refractivity contribution in [3.05, 3.63) is 0 Å². The monoisotopic (exact) mass is 266 g/mol. The molecule has 0 aliphatic heterocycles. The van der Waals surface area contributed by atoms with Crippen LogP contribution in [0.1, 0.15) is 0 Å². The minimum Gasteiger partial charge on any atom is -0.285 e. The number of hydrogen-bond acceptors (Lipinski definition) is 8. The van der Waals surface area contributed by atoms with Crippen LogP contribution >= 0.6 is 24.3 Å². The van der Waals surface area contributed by atoms with Gasteiger partial charge in [-0.3, -0.25) is 4.52 Å². The zero-order valence-corrected chi connectivity index (χ0v) is 10.3. The first-order valence-corrected chi connectivity index (χ1v) is 6.70. The van der Waals surface area contributed by atoms with Gasteiger partial charge in [-0.15, -0.1) is 9.05 Å². The van der Waals surface area contributed by atoms with Gasteiger partial charge in [0.25, 0.3) is 0 Å². The molecule has 8 nitrogen and oxygen atoms in total. The highest BCUT2D eigenvalue weighted by Crippen LogP contribution is 2.61. The van der Waals surface area contributed by atoms with Crippen molar-refractivity contribution >= 4 is 24.3 Å². The van der Waals surface area contributed by atoms with Crippen molar-refractivity contribution in [2.45, 2.75) is 0 Å². The Morgan fingerprint density at radius 3 is 1.50 bits per heavy atom. The van der Waals surface area contributed by atoms with Crippen LogP contribution in [0.25, 0.3) is 0 Å². The van der Waals surface area contributed by atoms with Crippen LogP contribution in [0.5, 0.6) is 0 Å². The smallest absolute Gasteiger partial charge is 0.285 e. The second kappa shape index (κ2) is 6.67. The largest absolute Gasteiger partial charge is 0.708 e. The lowest BCUT2D eigenvalue weighted by Crippen LogP contribution is -1.89. The minimum atomic E-state index is -4.16. The summed E-state index contributed by atoms with van der Waals surface area (Å²) in [6, 6.07) is 0. The molecule has 0 aromatic rings. The third kappa shape index (κ3) is 5.20. The lowest BCUT2D eigenvalue weighted by molar-refractivity contribution is 0.226. The van der Waals surface area contributed by atoms with E-state index in [0.717, 1.165) is 21.3 Å². The van der Waals surface area contributed by atoms with Crippen molar-refractivity contribution in [3.8, 4) is 0 Å². The third-order valence-corrected chi connectivity index (χ3v) is 4.57. The first-order valence-electron chi connectivity index (χ1n) is 3.05. The Balaban J connectivity index is 4.40. The van der Waals surface area contributed by atoms with Crippen molar-refractivity contribution in [2.75, 3.05) is 21.3 Å². The van der Waals surface area contributed by atoms with Gasteiger partial charge in [-0.1, -0.05) is 0 Å². The average molecular weight is 266 g/mol. The Hall–Kier alpha value is 0.230. The van der Waals surface area contributed by atoms with Crippen LogP contribution in [-0.2, 0) is 35.9 Å². The fraction of sp³-hybridized carbons (Fsp3) is 1.00. The molecule has 0 saturated carbocycles. The van der Waals surface area contributed by atoms with E-state index in [4.69, 9.17) is 0 Å². The highest BCUT2D eigenvalue weighted by molar-refractivity contribution is 7.61. The SMILES string of the molecule is CO[P+](=O)OP(=O)(OC)O[P+](=O)OC. The van der Waals surface area contributed by atoms with Crippen LogP contribution in [0, 0.1) is 0 Å². The van der Waals surface area contributed by atoms with E-state index in [-0.39, 0.29) is 0 Å². The van der Waals surface area contributed by atoms with Gasteiger partial charge < -0.3 is 0 Å². The molecule has 2 atom stereocenters.